The van der Waals surface area contributed by atoms with Gasteiger partial charge in [0.25, 0.3) is 0 Å². The van der Waals surface area contributed by atoms with Gasteiger partial charge in [0.05, 0.1) is 53.3 Å². The van der Waals surface area contributed by atoms with Crippen molar-refractivity contribution >= 4 is 33.5 Å². The van der Waals surface area contributed by atoms with Gasteiger partial charge in [-0.2, -0.15) is 10.4 Å². The van der Waals surface area contributed by atoms with Gasteiger partial charge in [0, 0.05) is 30.3 Å². The van der Waals surface area contributed by atoms with Gasteiger partial charge in [0.2, 0.25) is 5.91 Å². The maximum atomic E-state index is 13.0. The number of amides is 1. The zero-order valence-electron chi connectivity index (χ0n) is 19.5. The van der Waals surface area contributed by atoms with Crippen molar-refractivity contribution in [1.82, 2.24) is 24.3 Å². The smallest absolute Gasteiger partial charge is 0.232 e. The first-order valence-electron chi connectivity index (χ1n) is 11.6. The highest BCUT2D eigenvalue weighted by Crippen LogP contribution is 2.34. The number of anilines is 1. The van der Waals surface area contributed by atoms with Gasteiger partial charge >= 0.3 is 0 Å². The summed E-state index contributed by atoms with van der Waals surface area (Å²) in [5.74, 6) is 0.523. The number of nitrogens with one attached hydrogen (secondary N) is 1. The topological polar surface area (TPSA) is 111 Å². The van der Waals surface area contributed by atoms with E-state index in [0.29, 0.717) is 23.7 Å². The van der Waals surface area contributed by atoms with Crippen LogP contribution in [0.5, 0.6) is 0 Å². The summed E-state index contributed by atoms with van der Waals surface area (Å²) in [5, 5.41) is 17.6. The number of fused-ring (bicyclic) bond motifs is 3. The molecule has 0 radical (unpaired) electrons. The molecule has 1 aromatic carbocycles. The lowest BCUT2D eigenvalue weighted by Gasteiger charge is -2.30. The normalized spacial score (nSPS) is 18.4. The van der Waals surface area contributed by atoms with Gasteiger partial charge in [-0.05, 0) is 51.8 Å². The number of rotatable bonds is 5. The third kappa shape index (κ3) is 4.13. The Morgan fingerprint density at radius 3 is 2.91 bits per heavy atom. The Morgan fingerprint density at radius 1 is 1.32 bits per heavy atom. The predicted molar refractivity (Wildman–Crippen MR) is 128 cm³/mol. The molecule has 4 aromatic rings. The highest BCUT2D eigenvalue weighted by molar-refractivity contribution is 6.03. The first-order valence-corrected chi connectivity index (χ1v) is 11.6. The number of carbonyl (C=O) groups excluding carboxylic acids is 1. The molecule has 0 aliphatic carbocycles. The van der Waals surface area contributed by atoms with Gasteiger partial charge in [-0.25, -0.2) is 4.98 Å². The first-order chi connectivity index (χ1) is 16.4. The van der Waals surface area contributed by atoms with Crippen molar-refractivity contribution in [1.29, 1.82) is 5.26 Å². The molecular formula is C25H27N7O2. The molecule has 1 amide bonds. The summed E-state index contributed by atoms with van der Waals surface area (Å²) in [7, 11) is 0. The van der Waals surface area contributed by atoms with Crippen molar-refractivity contribution in [2.75, 3.05) is 11.9 Å². The lowest BCUT2D eigenvalue weighted by molar-refractivity contribution is -0.115. The van der Waals surface area contributed by atoms with E-state index in [9.17, 15) is 10.1 Å². The van der Waals surface area contributed by atoms with Crippen LogP contribution < -0.4 is 5.32 Å². The molecule has 3 aromatic heterocycles. The fourth-order valence-electron chi connectivity index (χ4n) is 4.66. The van der Waals surface area contributed by atoms with Gasteiger partial charge in [0.15, 0.2) is 0 Å². The third-order valence-electron chi connectivity index (χ3n) is 6.27. The molecular weight excluding hydrogens is 430 g/mol. The molecule has 9 heteroatoms. The second-order valence-electron chi connectivity index (χ2n) is 9.12. The molecule has 4 heterocycles. The molecule has 0 unspecified atom stereocenters. The van der Waals surface area contributed by atoms with E-state index in [2.05, 4.69) is 33.0 Å². The van der Waals surface area contributed by atoms with Crippen molar-refractivity contribution in [3.63, 3.8) is 0 Å². The van der Waals surface area contributed by atoms with E-state index >= 15 is 0 Å². The zero-order valence-corrected chi connectivity index (χ0v) is 19.5. The van der Waals surface area contributed by atoms with Crippen molar-refractivity contribution < 1.29 is 9.53 Å². The highest BCUT2D eigenvalue weighted by Gasteiger charge is 2.27. The maximum Gasteiger partial charge on any atom is 0.232 e. The number of ether oxygens (including phenoxy) is 1. The number of benzene rings is 1. The average molecular weight is 458 g/mol. The minimum Gasteiger partial charge on any atom is -0.378 e. The van der Waals surface area contributed by atoms with E-state index in [1.54, 1.807) is 23.1 Å². The second kappa shape index (κ2) is 8.88. The Hall–Kier alpha value is -3.77. The minimum atomic E-state index is -0.157. The standard InChI is InChI=1S/C25H27N7O2/c1-15(2)31-14-18(12-28-31)29-24(33)10-23-30-22-13-27-21-5-4-17(11-26)9-20(21)25(22)32(23)19-6-7-34-16(3)8-19/h4-5,9,12-16,19H,6-8,10H2,1-3H3,(H,29,33)/t16-,19-/m1/s1. The summed E-state index contributed by atoms with van der Waals surface area (Å²) in [6.45, 7) is 6.79. The van der Waals surface area contributed by atoms with Crippen LogP contribution in [0.25, 0.3) is 21.9 Å². The van der Waals surface area contributed by atoms with Crippen LogP contribution in [0, 0.1) is 11.3 Å². The van der Waals surface area contributed by atoms with Gasteiger partial charge in [-0.1, -0.05) is 0 Å². The Morgan fingerprint density at radius 2 is 2.18 bits per heavy atom. The highest BCUT2D eigenvalue weighted by atomic mass is 16.5. The number of carbonyl (C=O) groups is 1. The fraction of sp³-hybridized carbons (Fsp3) is 0.400. The number of imidazole rings is 1. The first kappa shape index (κ1) is 22.0. The van der Waals surface area contributed by atoms with E-state index in [-0.39, 0.29) is 30.5 Å². The van der Waals surface area contributed by atoms with Crippen LogP contribution in [0.3, 0.4) is 0 Å². The fourth-order valence-corrected chi connectivity index (χ4v) is 4.66. The number of pyridine rings is 1. The molecule has 2 atom stereocenters. The van der Waals surface area contributed by atoms with Crippen LogP contribution in [0.15, 0.2) is 36.8 Å². The molecule has 5 rings (SSSR count). The molecule has 34 heavy (non-hydrogen) atoms. The van der Waals surface area contributed by atoms with Gasteiger partial charge < -0.3 is 14.6 Å². The number of nitrogens with zero attached hydrogens (tertiary/aromatic N) is 6. The van der Waals surface area contributed by atoms with Crippen LogP contribution in [0.1, 0.15) is 57.1 Å². The second-order valence-corrected chi connectivity index (χ2v) is 9.12. The molecule has 0 bridgehead atoms. The molecule has 0 spiro atoms. The lowest BCUT2D eigenvalue weighted by atomic mass is 10.0. The molecule has 1 saturated heterocycles. The Labute approximate surface area is 197 Å². The van der Waals surface area contributed by atoms with Crippen LogP contribution in [0.4, 0.5) is 5.69 Å². The van der Waals surface area contributed by atoms with Crippen molar-refractivity contribution in [2.45, 2.75) is 58.2 Å². The number of aromatic nitrogens is 5. The van der Waals surface area contributed by atoms with E-state index < -0.39 is 0 Å². The largest absolute Gasteiger partial charge is 0.378 e. The SMILES string of the molecule is CC(C)n1cc(NC(=O)Cc2nc3cnc4ccc(C#N)cc4c3n2[C@@H]2CCO[C@H](C)C2)cn1. The van der Waals surface area contributed by atoms with Crippen LogP contribution in [-0.4, -0.2) is 42.9 Å². The summed E-state index contributed by atoms with van der Waals surface area (Å²) in [6, 6.07) is 8.05. The predicted octanol–water partition coefficient (Wildman–Crippen LogP) is 4.15. The summed E-state index contributed by atoms with van der Waals surface area (Å²) in [6.07, 6.45) is 7.11. The van der Waals surface area contributed by atoms with Crippen LogP contribution in [0.2, 0.25) is 0 Å². The van der Waals surface area contributed by atoms with Gasteiger partial charge in [-0.3, -0.25) is 14.5 Å². The summed E-state index contributed by atoms with van der Waals surface area (Å²) in [5.41, 5.74) is 3.65. The molecule has 1 fully saturated rings. The molecule has 1 N–H and O–H groups in total. The number of nitriles is 1. The average Bonchev–Trinajstić information content (AvgIpc) is 3.43. The quantitative estimate of drug-likeness (QED) is 0.482. The number of hydrogen-bond donors (Lipinski definition) is 1. The Bertz CT molecular complexity index is 1410. The molecule has 174 valence electrons. The monoisotopic (exact) mass is 457 g/mol. The summed E-state index contributed by atoms with van der Waals surface area (Å²) >= 11 is 0. The Kier molecular flexibility index (Phi) is 5.75. The van der Waals surface area contributed by atoms with Crippen molar-refractivity contribution in [3.8, 4) is 6.07 Å². The van der Waals surface area contributed by atoms with E-state index in [0.717, 1.165) is 34.8 Å². The van der Waals surface area contributed by atoms with E-state index in [1.807, 2.05) is 32.2 Å². The van der Waals surface area contributed by atoms with Crippen LogP contribution in [-0.2, 0) is 16.0 Å². The molecule has 1 aliphatic heterocycles. The molecule has 1 aliphatic rings. The van der Waals surface area contributed by atoms with Gasteiger partial charge in [0.1, 0.15) is 11.3 Å². The van der Waals surface area contributed by atoms with E-state index in [1.165, 1.54) is 0 Å². The lowest BCUT2D eigenvalue weighted by Crippen LogP contribution is -2.27. The van der Waals surface area contributed by atoms with Crippen molar-refractivity contribution in [2.24, 2.45) is 0 Å². The summed E-state index contributed by atoms with van der Waals surface area (Å²) < 4.78 is 9.77. The molecule has 9 nitrogen and oxygen atoms in total. The maximum absolute atomic E-state index is 13.0. The minimum absolute atomic E-state index is 0.113. The summed E-state index contributed by atoms with van der Waals surface area (Å²) in [4.78, 5) is 22.4. The third-order valence-corrected chi connectivity index (χ3v) is 6.27. The zero-order chi connectivity index (χ0) is 23.8. The van der Waals surface area contributed by atoms with Crippen LogP contribution >= 0.6 is 0 Å². The Balaban J connectivity index is 1.57. The van der Waals surface area contributed by atoms with Gasteiger partial charge in [-0.15, -0.1) is 0 Å². The molecule has 0 saturated carbocycles. The van der Waals surface area contributed by atoms with E-state index in [4.69, 9.17) is 9.72 Å². The number of hydrogen-bond acceptors (Lipinski definition) is 6. The van der Waals surface area contributed by atoms with Crippen molar-refractivity contribution in [3.05, 3.63) is 48.2 Å².